The molecule has 0 bridgehead atoms. The van der Waals surface area contributed by atoms with Crippen molar-refractivity contribution < 1.29 is 4.79 Å². The lowest BCUT2D eigenvalue weighted by atomic mass is 10.2. The number of rotatable bonds is 2. The van der Waals surface area contributed by atoms with Gasteiger partial charge in [-0.15, -0.1) is 0 Å². The third kappa shape index (κ3) is 2.70. The third-order valence-electron chi connectivity index (χ3n) is 1.53. The molecule has 1 amide bonds. The van der Waals surface area contributed by atoms with Gasteiger partial charge in [0.1, 0.15) is 0 Å². The number of carbonyl (C=O) groups is 1. The summed E-state index contributed by atoms with van der Waals surface area (Å²) in [7, 11) is 1.70. The van der Waals surface area contributed by atoms with Crippen molar-refractivity contribution in [3.05, 3.63) is 0 Å². The topological polar surface area (TPSA) is 20.3 Å². The molecule has 0 radical (unpaired) electrons. The molecule has 0 N–H and O–H groups in total. The Morgan fingerprint density at radius 2 is 2.22 bits per heavy atom. The molecular formula is C6H12ClNO. The van der Waals surface area contributed by atoms with Gasteiger partial charge in [0.05, 0.1) is 0 Å². The van der Waals surface area contributed by atoms with E-state index in [1.165, 1.54) is 4.90 Å². The van der Waals surface area contributed by atoms with Crippen LogP contribution in [0.3, 0.4) is 0 Å². The maximum Gasteiger partial charge on any atom is 0.316 e. The van der Waals surface area contributed by atoms with Crippen LogP contribution in [0.4, 0.5) is 4.79 Å². The summed E-state index contributed by atoms with van der Waals surface area (Å²) in [4.78, 5) is 12.0. The third-order valence-corrected chi connectivity index (χ3v) is 1.80. The smallest absolute Gasteiger partial charge is 0.316 e. The number of halogens is 1. The van der Waals surface area contributed by atoms with Crippen LogP contribution < -0.4 is 0 Å². The number of hydrogen-bond acceptors (Lipinski definition) is 1. The van der Waals surface area contributed by atoms with Crippen LogP contribution in [0.1, 0.15) is 20.3 Å². The quantitative estimate of drug-likeness (QED) is 0.435. The van der Waals surface area contributed by atoms with E-state index in [-0.39, 0.29) is 11.4 Å². The molecule has 1 atom stereocenters. The minimum absolute atomic E-state index is 0.245. The van der Waals surface area contributed by atoms with Crippen molar-refractivity contribution in [1.29, 1.82) is 0 Å². The molecule has 0 aliphatic rings. The monoisotopic (exact) mass is 149 g/mol. The lowest BCUT2D eigenvalue weighted by Crippen LogP contribution is -2.30. The van der Waals surface area contributed by atoms with Gasteiger partial charge in [-0.3, -0.25) is 4.79 Å². The number of hydrogen-bond donors (Lipinski definition) is 0. The Morgan fingerprint density at radius 1 is 1.78 bits per heavy atom. The van der Waals surface area contributed by atoms with Crippen molar-refractivity contribution in [2.75, 3.05) is 7.05 Å². The zero-order valence-corrected chi connectivity index (χ0v) is 6.77. The average molecular weight is 150 g/mol. The average Bonchev–Trinajstić information content (AvgIpc) is 1.84. The van der Waals surface area contributed by atoms with Gasteiger partial charge in [0.15, 0.2) is 0 Å². The highest BCUT2D eigenvalue weighted by atomic mass is 35.5. The van der Waals surface area contributed by atoms with Gasteiger partial charge in [-0.1, -0.05) is 6.92 Å². The Morgan fingerprint density at radius 3 is 2.33 bits per heavy atom. The molecule has 0 saturated heterocycles. The van der Waals surface area contributed by atoms with E-state index in [4.69, 9.17) is 11.6 Å². The molecule has 0 fully saturated rings. The van der Waals surface area contributed by atoms with Crippen molar-refractivity contribution >= 4 is 17.0 Å². The standard InChI is InChI=1S/C6H12ClNO/c1-4-5(2)8(3)6(7)9/h5H,4H2,1-3H3. The van der Waals surface area contributed by atoms with Crippen molar-refractivity contribution in [1.82, 2.24) is 4.90 Å². The molecule has 3 heteroatoms. The van der Waals surface area contributed by atoms with E-state index in [2.05, 4.69) is 0 Å². The molecule has 0 heterocycles. The fraction of sp³-hybridized carbons (Fsp3) is 0.833. The Hall–Kier alpha value is -0.240. The van der Waals surface area contributed by atoms with Gasteiger partial charge < -0.3 is 4.90 Å². The van der Waals surface area contributed by atoms with Crippen LogP contribution in [0.5, 0.6) is 0 Å². The van der Waals surface area contributed by atoms with Gasteiger partial charge in [-0.05, 0) is 24.9 Å². The largest absolute Gasteiger partial charge is 0.330 e. The zero-order valence-electron chi connectivity index (χ0n) is 6.02. The van der Waals surface area contributed by atoms with Crippen molar-refractivity contribution in [2.24, 2.45) is 0 Å². The van der Waals surface area contributed by atoms with E-state index in [9.17, 15) is 4.79 Å². The molecule has 9 heavy (non-hydrogen) atoms. The van der Waals surface area contributed by atoms with E-state index in [1.54, 1.807) is 7.05 Å². The van der Waals surface area contributed by atoms with Gasteiger partial charge in [0.2, 0.25) is 0 Å². The predicted octanol–water partition coefficient (Wildman–Crippen LogP) is 2.08. The summed E-state index contributed by atoms with van der Waals surface area (Å²) < 4.78 is 0. The SMILES string of the molecule is CCC(C)N(C)C(=O)Cl. The first kappa shape index (κ1) is 8.76. The van der Waals surface area contributed by atoms with Crippen molar-refractivity contribution in [3.8, 4) is 0 Å². The minimum atomic E-state index is -0.385. The van der Waals surface area contributed by atoms with Gasteiger partial charge in [0, 0.05) is 13.1 Å². The summed E-state index contributed by atoms with van der Waals surface area (Å²) in [5.41, 5.74) is 0. The van der Waals surface area contributed by atoms with Crippen LogP contribution in [0, 0.1) is 0 Å². The van der Waals surface area contributed by atoms with Gasteiger partial charge in [-0.25, -0.2) is 0 Å². The zero-order chi connectivity index (χ0) is 7.44. The fourth-order valence-corrected chi connectivity index (χ4v) is 0.614. The van der Waals surface area contributed by atoms with Crippen LogP contribution in [0.2, 0.25) is 0 Å². The van der Waals surface area contributed by atoms with E-state index >= 15 is 0 Å². The Balaban J connectivity index is 3.72. The summed E-state index contributed by atoms with van der Waals surface area (Å²) in [6, 6.07) is 0.245. The van der Waals surface area contributed by atoms with E-state index < -0.39 is 0 Å². The van der Waals surface area contributed by atoms with E-state index in [0.29, 0.717) is 0 Å². The lowest BCUT2D eigenvalue weighted by molar-refractivity contribution is 0.216. The molecule has 1 unspecified atom stereocenters. The summed E-state index contributed by atoms with van der Waals surface area (Å²) in [5.74, 6) is 0. The van der Waals surface area contributed by atoms with Gasteiger partial charge in [-0.2, -0.15) is 0 Å². The fourth-order valence-electron chi connectivity index (χ4n) is 0.447. The molecular weight excluding hydrogens is 138 g/mol. The second-order valence-electron chi connectivity index (χ2n) is 2.12. The highest BCUT2D eigenvalue weighted by Crippen LogP contribution is 2.02. The second-order valence-corrected chi connectivity index (χ2v) is 2.44. The molecule has 0 aromatic carbocycles. The minimum Gasteiger partial charge on any atom is -0.330 e. The normalized spacial score (nSPS) is 12.9. The summed E-state index contributed by atoms with van der Waals surface area (Å²) in [5, 5.41) is -0.385. The summed E-state index contributed by atoms with van der Waals surface area (Å²) in [6.45, 7) is 3.97. The second kappa shape index (κ2) is 3.72. The van der Waals surface area contributed by atoms with Crippen LogP contribution in [0.25, 0.3) is 0 Å². The highest BCUT2D eigenvalue weighted by molar-refractivity contribution is 6.62. The van der Waals surface area contributed by atoms with Crippen molar-refractivity contribution in [3.63, 3.8) is 0 Å². The molecule has 0 saturated carbocycles. The van der Waals surface area contributed by atoms with Crippen molar-refractivity contribution in [2.45, 2.75) is 26.3 Å². The van der Waals surface area contributed by atoms with E-state index in [1.807, 2.05) is 13.8 Å². The molecule has 0 aliphatic carbocycles. The van der Waals surface area contributed by atoms with Gasteiger partial charge >= 0.3 is 5.37 Å². The first-order valence-electron chi connectivity index (χ1n) is 3.01. The van der Waals surface area contributed by atoms with Crippen LogP contribution in [-0.2, 0) is 0 Å². The van der Waals surface area contributed by atoms with E-state index in [0.717, 1.165) is 6.42 Å². The number of amides is 1. The Kier molecular flexibility index (Phi) is 3.62. The predicted molar refractivity (Wildman–Crippen MR) is 38.8 cm³/mol. The maximum atomic E-state index is 10.4. The molecule has 0 aromatic heterocycles. The molecule has 2 nitrogen and oxygen atoms in total. The number of nitrogens with zero attached hydrogens (tertiary/aromatic N) is 1. The highest BCUT2D eigenvalue weighted by Gasteiger charge is 2.09. The van der Waals surface area contributed by atoms with Gasteiger partial charge in [0.25, 0.3) is 0 Å². The van der Waals surface area contributed by atoms with Crippen LogP contribution >= 0.6 is 11.6 Å². The molecule has 0 spiro atoms. The van der Waals surface area contributed by atoms with Crippen LogP contribution in [-0.4, -0.2) is 23.4 Å². The summed E-state index contributed by atoms with van der Waals surface area (Å²) >= 11 is 5.19. The summed E-state index contributed by atoms with van der Waals surface area (Å²) in [6.07, 6.45) is 0.939. The lowest BCUT2D eigenvalue weighted by Gasteiger charge is -2.19. The Labute approximate surface area is 60.8 Å². The Bertz CT molecular complexity index is 105. The molecule has 0 aliphatic heterocycles. The molecule has 0 aromatic rings. The number of carbonyl (C=O) groups excluding carboxylic acids is 1. The maximum absolute atomic E-state index is 10.4. The first-order valence-corrected chi connectivity index (χ1v) is 3.39. The molecule has 0 rings (SSSR count). The van der Waals surface area contributed by atoms with Crippen LogP contribution in [0.15, 0.2) is 0 Å². The first-order chi connectivity index (χ1) is 4.09. The molecule has 54 valence electrons.